The number of carboxylic acid groups (broad SMARTS) is 1. The van der Waals surface area contributed by atoms with Crippen molar-refractivity contribution in [2.75, 3.05) is 12.3 Å². The molecule has 0 bridgehead atoms. The fourth-order valence-electron chi connectivity index (χ4n) is 1.43. The van der Waals surface area contributed by atoms with Crippen molar-refractivity contribution in [2.24, 2.45) is 0 Å². The molecule has 2 fully saturated rings. The summed E-state index contributed by atoms with van der Waals surface area (Å²) in [4.78, 5) is 12.6. The molecule has 56 valence electrons. The van der Waals surface area contributed by atoms with E-state index in [2.05, 4.69) is 4.90 Å². The summed E-state index contributed by atoms with van der Waals surface area (Å²) >= 11 is 1.77. The van der Waals surface area contributed by atoms with Gasteiger partial charge in [-0.05, 0) is 6.42 Å². The van der Waals surface area contributed by atoms with Crippen molar-refractivity contribution in [3.05, 3.63) is 0 Å². The minimum absolute atomic E-state index is 0.191. The maximum atomic E-state index is 10.5. The maximum Gasteiger partial charge on any atom is 0.321 e. The van der Waals surface area contributed by atoms with E-state index >= 15 is 0 Å². The summed E-state index contributed by atoms with van der Waals surface area (Å²) in [5.74, 6) is 0.120. The van der Waals surface area contributed by atoms with E-state index in [-0.39, 0.29) is 6.04 Å². The van der Waals surface area contributed by atoms with Crippen molar-refractivity contribution in [1.29, 1.82) is 0 Å². The second-order valence-corrected chi connectivity index (χ2v) is 3.88. The standard InChI is InChI=1S/C6H9NO2S/c8-6(9)4-3-10-5-1-2-7(4)5/h4-5H,1-3H2,(H,8,9). The molecule has 2 heterocycles. The Morgan fingerprint density at radius 2 is 2.50 bits per heavy atom. The number of thioether (sulfide) groups is 1. The van der Waals surface area contributed by atoms with E-state index in [1.807, 2.05) is 0 Å². The van der Waals surface area contributed by atoms with Crippen molar-refractivity contribution in [3.63, 3.8) is 0 Å². The van der Waals surface area contributed by atoms with Crippen molar-refractivity contribution < 1.29 is 9.90 Å². The number of nitrogens with zero attached hydrogens (tertiary/aromatic N) is 1. The normalized spacial score (nSPS) is 38.8. The lowest BCUT2D eigenvalue weighted by molar-refractivity contribution is -0.143. The third-order valence-electron chi connectivity index (χ3n) is 2.14. The van der Waals surface area contributed by atoms with Crippen LogP contribution in [0.4, 0.5) is 0 Å². The van der Waals surface area contributed by atoms with Crippen LogP contribution < -0.4 is 0 Å². The lowest BCUT2D eigenvalue weighted by atomic mass is 10.1. The van der Waals surface area contributed by atoms with Crippen LogP contribution in [0.1, 0.15) is 6.42 Å². The summed E-state index contributed by atoms with van der Waals surface area (Å²) < 4.78 is 0. The van der Waals surface area contributed by atoms with Gasteiger partial charge in [0.25, 0.3) is 0 Å². The Morgan fingerprint density at radius 1 is 1.70 bits per heavy atom. The SMILES string of the molecule is O=C(O)C1CSC2CCN21. The van der Waals surface area contributed by atoms with E-state index in [4.69, 9.17) is 5.11 Å². The van der Waals surface area contributed by atoms with Gasteiger partial charge in [-0.15, -0.1) is 11.8 Å². The number of carbonyl (C=O) groups is 1. The summed E-state index contributed by atoms with van der Waals surface area (Å²) in [6, 6.07) is -0.191. The first-order valence-corrected chi connectivity index (χ1v) is 4.44. The molecular weight excluding hydrogens is 150 g/mol. The van der Waals surface area contributed by atoms with Crippen LogP contribution in [0.5, 0.6) is 0 Å². The number of fused-ring (bicyclic) bond motifs is 1. The summed E-state index contributed by atoms with van der Waals surface area (Å²) in [5, 5.41) is 9.21. The van der Waals surface area contributed by atoms with Crippen LogP contribution in [0.15, 0.2) is 0 Å². The molecule has 4 heteroatoms. The van der Waals surface area contributed by atoms with Crippen LogP contribution in [-0.4, -0.2) is 39.7 Å². The summed E-state index contributed by atoms with van der Waals surface area (Å²) in [7, 11) is 0. The Hall–Kier alpha value is -0.220. The minimum atomic E-state index is -0.658. The molecule has 2 saturated heterocycles. The summed E-state index contributed by atoms with van der Waals surface area (Å²) in [5.41, 5.74) is 0. The Morgan fingerprint density at radius 3 is 2.80 bits per heavy atom. The average Bonchev–Trinajstić information content (AvgIpc) is 2.07. The van der Waals surface area contributed by atoms with Gasteiger partial charge in [-0.2, -0.15) is 0 Å². The average molecular weight is 159 g/mol. The van der Waals surface area contributed by atoms with E-state index in [0.717, 1.165) is 12.3 Å². The van der Waals surface area contributed by atoms with E-state index < -0.39 is 5.97 Å². The Bertz CT molecular complexity index is 173. The highest BCUT2D eigenvalue weighted by molar-refractivity contribution is 8.00. The third-order valence-corrected chi connectivity index (χ3v) is 3.54. The van der Waals surface area contributed by atoms with Crippen LogP contribution in [0.2, 0.25) is 0 Å². The van der Waals surface area contributed by atoms with E-state index in [9.17, 15) is 4.79 Å². The molecular formula is C6H9NO2S. The zero-order chi connectivity index (χ0) is 7.14. The lowest BCUT2D eigenvalue weighted by Gasteiger charge is -2.35. The molecule has 2 atom stereocenters. The van der Waals surface area contributed by atoms with Crippen molar-refractivity contribution >= 4 is 17.7 Å². The molecule has 10 heavy (non-hydrogen) atoms. The molecule has 0 radical (unpaired) electrons. The van der Waals surface area contributed by atoms with Crippen LogP contribution in [0.25, 0.3) is 0 Å². The van der Waals surface area contributed by atoms with Crippen LogP contribution >= 0.6 is 11.8 Å². The topological polar surface area (TPSA) is 40.5 Å². The number of hydrogen-bond donors (Lipinski definition) is 1. The summed E-state index contributed by atoms with van der Waals surface area (Å²) in [6.07, 6.45) is 1.18. The molecule has 2 unspecified atom stereocenters. The first kappa shape index (κ1) is 6.49. The molecule has 0 aromatic heterocycles. The van der Waals surface area contributed by atoms with E-state index in [1.165, 1.54) is 6.42 Å². The quantitative estimate of drug-likeness (QED) is 0.594. The number of hydrogen-bond acceptors (Lipinski definition) is 3. The zero-order valence-corrected chi connectivity index (χ0v) is 6.30. The predicted octanol–water partition coefficient (Wildman–Crippen LogP) is 0.218. The van der Waals surface area contributed by atoms with Crippen molar-refractivity contribution in [3.8, 4) is 0 Å². The van der Waals surface area contributed by atoms with Gasteiger partial charge in [-0.25, -0.2) is 0 Å². The highest BCUT2D eigenvalue weighted by atomic mass is 32.2. The van der Waals surface area contributed by atoms with Gasteiger partial charge in [0, 0.05) is 12.3 Å². The van der Waals surface area contributed by atoms with Crippen LogP contribution in [-0.2, 0) is 4.79 Å². The van der Waals surface area contributed by atoms with Gasteiger partial charge in [0.1, 0.15) is 6.04 Å². The second-order valence-electron chi connectivity index (χ2n) is 2.67. The Balaban J connectivity index is 2.05. The predicted molar refractivity (Wildman–Crippen MR) is 39.0 cm³/mol. The highest BCUT2D eigenvalue weighted by Gasteiger charge is 2.43. The highest BCUT2D eigenvalue weighted by Crippen LogP contribution is 2.37. The molecule has 0 amide bonds. The minimum Gasteiger partial charge on any atom is -0.480 e. The van der Waals surface area contributed by atoms with Crippen LogP contribution in [0, 0.1) is 0 Å². The lowest BCUT2D eigenvalue weighted by Crippen LogP contribution is -2.49. The first-order chi connectivity index (χ1) is 4.79. The van der Waals surface area contributed by atoms with Gasteiger partial charge < -0.3 is 5.11 Å². The summed E-state index contributed by atoms with van der Waals surface area (Å²) in [6.45, 7) is 0.981. The van der Waals surface area contributed by atoms with Crippen molar-refractivity contribution in [1.82, 2.24) is 4.90 Å². The molecule has 0 aromatic rings. The Kier molecular flexibility index (Phi) is 1.38. The smallest absolute Gasteiger partial charge is 0.321 e. The van der Waals surface area contributed by atoms with Crippen LogP contribution in [0.3, 0.4) is 0 Å². The largest absolute Gasteiger partial charge is 0.480 e. The van der Waals surface area contributed by atoms with Gasteiger partial charge in [-0.1, -0.05) is 0 Å². The second kappa shape index (κ2) is 2.13. The maximum absolute atomic E-state index is 10.5. The van der Waals surface area contributed by atoms with Gasteiger partial charge in [-0.3, -0.25) is 9.69 Å². The number of rotatable bonds is 1. The monoisotopic (exact) mass is 159 g/mol. The molecule has 0 spiro atoms. The van der Waals surface area contributed by atoms with Gasteiger partial charge in [0.05, 0.1) is 5.37 Å². The zero-order valence-electron chi connectivity index (χ0n) is 5.49. The molecule has 2 rings (SSSR count). The van der Waals surface area contributed by atoms with E-state index in [0.29, 0.717) is 5.37 Å². The molecule has 3 nitrogen and oxygen atoms in total. The molecule has 0 aliphatic carbocycles. The molecule has 0 aromatic carbocycles. The molecule has 1 N–H and O–H groups in total. The fourth-order valence-corrected chi connectivity index (χ4v) is 2.88. The Labute approximate surface area is 63.4 Å². The molecule has 2 aliphatic rings. The van der Waals surface area contributed by atoms with E-state index in [1.54, 1.807) is 11.8 Å². The van der Waals surface area contributed by atoms with Crippen molar-refractivity contribution in [2.45, 2.75) is 17.8 Å². The van der Waals surface area contributed by atoms with Gasteiger partial charge >= 0.3 is 5.97 Å². The fraction of sp³-hybridized carbons (Fsp3) is 0.833. The number of aliphatic carboxylic acids is 1. The van der Waals surface area contributed by atoms with Gasteiger partial charge in [0.15, 0.2) is 0 Å². The molecule has 0 saturated carbocycles. The number of carboxylic acids is 1. The molecule has 2 aliphatic heterocycles. The van der Waals surface area contributed by atoms with Gasteiger partial charge in [0.2, 0.25) is 0 Å². The third kappa shape index (κ3) is 0.754. The first-order valence-electron chi connectivity index (χ1n) is 3.39.